The maximum Gasteiger partial charge on any atom is 0.254 e. The van der Waals surface area contributed by atoms with Gasteiger partial charge in [0.05, 0.1) is 17.2 Å². The van der Waals surface area contributed by atoms with E-state index in [-0.39, 0.29) is 18.7 Å². The lowest BCUT2D eigenvalue weighted by molar-refractivity contribution is 0.0710. The number of rotatable bonds is 7. The Morgan fingerprint density at radius 1 is 1.05 bits per heavy atom. The van der Waals surface area contributed by atoms with Gasteiger partial charge < -0.3 is 29.7 Å². The molecule has 0 unspecified atom stereocenters. The molecule has 1 aromatic heterocycles. The Balaban J connectivity index is 1.37. The Morgan fingerprint density at radius 3 is 2.68 bits per heavy atom. The molecule has 0 saturated carbocycles. The quantitative estimate of drug-likeness (QED) is 0.503. The minimum absolute atomic E-state index is 0.0528. The molecule has 2 aromatic carbocycles. The maximum atomic E-state index is 14.1. The van der Waals surface area contributed by atoms with Crippen molar-refractivity contribution in [2.24, 2.45) is 0 Å². The smallest absolute Gasteiger partial charge is 0.254 e. The van der Waals surface area contributed by atoms with Gasteiger partial charge >= 0.3 is 0 Å². The number of carbonyl (C=O) groups is 1. The lowest BCUT2D eigenvalue weighted by atomic mass is 9.99. The van der Waals surface area contributed by atoms with Gasteiger partial charge in [-0.2, -0.15) is 0 Å². The number of aliphatic hydroxyl groups is 1. The molecule has 8 heteroatoms. The molecule has 1 amide bonds. The first-order valence-corrected chi connectivity index (χ1v) is 13.4. The monoisotopic (exact) mass is 502 g/mol. The topological polar surface area (TPSA) is 87.2 Å². The Labute approximate surface area is 217 Å². The summed E-state index contributed by atoms with van der Waals surface area (Å²) in [7, 11) is 0. The third-order valence-electron chi connectivity index (χ3n) is 7.63. The molecule has 3 aliphatic heterocycles. The minimum atomic E-state index is -0.520. The molecule has 0 radical (unpaired) electrons. The number of fused-ring (bicyclic) bond motifs is 2. The van der Waals surface area contributed by atoms with Crippen LogP contribution in [0, 0.1) is 0 Å². The molecule has 2 saturated heterocycles. The molecule has 37 heavy (non-hydrogen) atoms. The number of pyridine rings is 1. The van der Waals surface area contributed by atoms with Gasteiger partial charge in [-0.25, -0.2) is 4.98 Å². The number of nitrogens with one attached hydrogen (secondary N) is 1. The number of ether oxygens (including phenoxy) is 2. The average Bonchev–Trinajstić information content (AvgIpc) is 3.68. The first kappa shape index (κ1) is 24.0. The van der Waals surface area contributed by atoms with Crippen molar-refractivity contribution >= 4 is 22.6 Å². The van der Waals surface area contributed by atoms with E-state index < -0.39 is 6.10 Å². The number of aromatic nitrogens is 1. The highest BCUT2D eigenvalue weighted by atomic mass is 16.7. The molecule has 8 nitrogen and oxygen atoms in total. The summed E-state index contributed by atoms with van der Waals surface area (Å²) in [4.78, 5) is 23.4. The number of hydrogen-bond donors (Lipinski definition) is 2. The molecule has 2 N–H and O–H groups in total. The van der Waals surface area contributed by atoms with Crippen molar-refractivity contribution in [2.45, 2.75) is 44.8 Å². The summed E-state index contributed by atoms with van der Waals surface area (Å²) in [6.07, 6.45) is 4.05. The van der Waals surface area contributed by atoms with Crippen LogP contribution in [-0.4, -0.2) is 77.5 Å². The Bertz CT molecular complexity index is 1300. The van der Waals surface area contributed by atoms with E-state index in [2.05, 4.69) is 21.2 Å². The molecular formula is C29H34N4O4. The van der Waals surface area contributed by atoms with E-state index in [0.29, 0.717) is 17.9 Å². The Hall–Kier alpha value is -3.36. The summed E-state index contributed by atoms with van der Waals surface area (Å²) >= 11 is 0. The number of anilines is 1. The Kier molecular flexibility index (Phi) is 6.61. The van der Waals surface area contributed by atoms with E-state index in [1.165, 1.54) is 12.8 Å². The van der Waals surface area contributed by atoms with Gasteiger partial charge in [0.15, 0.2) is 11.5 Å². The van der Waals surface area contributed by atoms with Crippen LogP contribution in [0.1, 0.15) is 43.0 Å². The second kappa shape index (κ2) is 10.2. The summed E-state index contributed by atoms with van der Waals surface area (Å²) in [5.74, 6) is 2.13. The Morgan fingerprint density at radius 2 is 1.84 bits per heavy atom. The predicted molar refractivity (Wildman–Crippen MR) is 143 cm³/mol. The lowest BCUT2D eigenvalue weighted by Crippen LogP contribution is -2.42. The van der Waals surface area contributed by atoms with Gasteiger partial charge in [0, 0.05) is 31.1 Å². The molecule has 0 bridgehead atoms. The van der Waals surface area contributed by atoms with Crippen molar-refractivity contribution in [3.63, 3.8) is 0 Å². The molecular weight excluding hydrogens is 468 g/mol. The molecule has 6 rings (SSSR count). The van der Waals surface area contributed by atoms with Gasteiger partial charge in [-0.1, -0.05) is 12.1 Å². The number of amides is 1. The normalized spacial score (nSPS) is 20.1. The third-order valence-corrected chi connectivity index (χ3v) is 7.63. The number of hydrogen-bond acceptors (Lipinski definition) is 7. The first-order valence-electron chi connectivity index (χ1n) is 13.4. The summed E-state index contributed by atoms with van der Waals surface area (Å²) in [5.41, 5.74) is 3.38. The van der Waals surface area contributed by atoms with Gasteiger partial charge in [0.2, 0.25) is 6.79 Å². The molecule has 194 valence electrons. The molecule has 0 aliphatic carbocycles. The number of nitrogens with zero attached hydrogens (tertiary/aromatic N) is 3. The SMILES string of the molecule is C[C@@H](O)CNc1cc(C(=O)N2CCC[C@H]2CN2CCCC2)c2cc(-c3ccc4c(c3)OCO4)ccc2n1. The van der Waals surface area contributed by atoms with E-state index in [1.807, 2.05) is 36.4 Å². The highest BCUT2D eigenvalue weighted by Gasteiger charge is 2.32. The van der Waals surface area contributed by atoms with Crippen LogP contribution in [-0.2, 0) is 0 Å². The van der Waals surface area contributed by atoms with E-state index >= 15 is 0 Å². The zero-order chi connectivity index (χ0) is 25.4. The molecule has 2 atom stereocenters. The van der Waals surface area contributed by atoms with Crippen LogP contribution in [0.5, 0.6) is 11.5 Å². The van der Waals surface area contributed by atoms with Crippen LogP contribution in [0.2, 0.25) is 0 Å². The number of aliphatic hydroxyl groups excluding tert-OH is 1. The van der Waals surface area contributed by atoms with Crippen molar-refractivity contribution in [1.29, 1.82) is 0 Å². The zero-order valence-electron chi connectivity index (χ0n) is 21.3. The largest absolute Gasteiger partial charge is 0.454 e. The van der Waals surface area contributed by atoms with Crippen molar-refractivity contribution in [1.82, 2.24) is 14.8 Å². The standard InChI is InChI=1S/C29H34N4O4/c1-19(34)16-30-28-15-24(29(35)33-12-4-5-22(33)17-32-10-2-3-11-32)23-13-20(6-8-25(23)31-28)21-7-9-26-27(14-21)37-18-36-26/h6-9,13-15,19,22,34H,2-5,10-12,16-18H2,1H3,(H,30,31)/t19-,22+/m1/s1. The van der Waals surface area contributed by atoms with Crippen LogP contribution >= 0.6 is 0 Å². The lowest BCUT2D eigenvalue weighted by Gasteiger charge is -2.29. The fourth-order valence-corrected chi connectivity index (χ4v) is 5.71. The molecule has 4 heterocycles. The molecule has 3 aliphatic rings. The highest BCUT2D eigenvalue weighted by molar-refractivity contribution is 6.08. The van der Waals surface area contributed by atoms with Crippen LogP contribution in [0.25, 0.3) is 22.0 Å². The highest BCUT2D eigenvalue weighted by Crippen LogP contribution is 2.37. The summed E-state index contributed by atoms with van der Waals surface area (Å²) < 4.78 is 11.0. The second-order valence-corrected chi connectivity index (χ2v) is 10.4. The van der Waals surface area contributed by atoms with E-state index in [1.54, 1.807) is 6.92 Å². The molecule has 0 spiro atoms. The average molecular weight is 503 g/mol. The molecule has 2 fully saturated rings. The summed E-state index contributed by atoms with van der Waals surface area (Å²) in [6.45, 7) is 6.30. The van der Waals surface area contributed by atoms with E-state index in [4.69, 9.17) is 14.5 Å². The van der Waals surface area contributed by atoms with Crippen molar-refractivity contribution < 1.29 is 19.4 Å². The fraction of sp³-hybridized carbons (Fsp3) is 0.448. The third kappa shape index (κ3) is 4.95. The van der Waals surface area contributed by atoms with Crippen molar-refractivity contribution in [3.8, 4) is 22.6 Å². The van der Waals surface area contributed by atoms with Gasteiger partial charge in [-0.3, -0.25) is 4.79 Å². The van der Waals surface area contributed by atoms with Gasteiger partial charge in [-0.05, 0) is 87.2 Å². The van der Waals surface area contributed by atoms with Crippen LogP contribution < -0.4 is 14.8 Å². The number of likely N-dealkylation sites (tertiary alicyclic amines) is 2. The fourth-order valence-electron chi connectivity index (χ4n) is 5.71. The van der Waals surface area contributed by atoms with Crippen molar-refractivity contribution in [3.05, 3.63) is 48.0 Å². The van der Waals surface area contributed by atoms with Crippen LogP contribution in [0.15, 0.2) is 42.5 Å². The van der Waals surface area contributed by atoms with Crippen molar-refractivity contribution in [2.75, 3.05) is 44.8 Å². The number of carbonyl (C=O) groups excluding carboxylic acids is 1. The second-order valence-electron chi connectivity index (χ2n) is 10.4. The zero-order valence-corrected chi connectivity index (χ0v) is 21.3. The van der Waals surface area contributed by atoms with E-state index in [0.717, 1.165) is 72.5 Å². The van der Waals surface area contributed by atoms with Gasteiger partial charge in [0.1, 0.15) is 5.82 Å². The maximum absolute atomic E-state index is 14.1. The molecule has 3 aromatic rings. The number of benzene rings is 2. The van der Waals surface area contributed by atoms with Gasteiger partial charge in [0.25, 0.3) is 5.91 Å². The van der Waals surface area contributed by atoms with E-state index in [9.17, 15) is 9.90 Å². The summed E-state index contributed by atoms with van der Waals surface area (Å²) in [6, 6.07) is 14.0. The first-order chi connectivity index (χ1) is 18.0. The predicted octanol–water partition coefficient (Wildman–Crippen LogP) is 4.12. The van der Waals surface area contributed by atoms with Crippen LogP contribution in [0.3, 0.4) is 0 Å². The summed E-state index contributed by atoms with van der Waals surface area (Å²) in [5, 5.41) is 13.8. The van der Waals surface area contributed by atoms with Gasteiger partial charge in [-0.15, -0.1) is 0 Å². The van der Waals surface area contributed by atoms with Crippen LogP contribution in [0.4, 0.5) is 5.82 Å². The minimum Gasteiger partial charge on any atom is -0.454 e.